The van der Waals surface area contributed by atoms with Crippen molar-refractivity contribution in [1.29, 1.82) is 0 Å². The Kier molecular flexibility index (Phi) is 4.94. The monoisotopic (exact) mass is 266 g/mol. The maximum absolute atomic E-state index is 11.4. The van der Waals surface area contributed by atoms with Crippen LogP contribution in [0.25, 0.3) is 0 Å². The number of carboxylic acids is 1. The number of carboxylic acid groups (broad SMARTS) is 1. The summed E-state index contributed by atoms with van der Waals surface area (Å²) < 4.78 is 0. The van der Waals surface area contributed by atoms with Crippen LogP contribution in [0.2, 0.25) is 0 Å². The van der Waals surface area contributed by atoms with E-state index in [1.54, 1.807) is 30.3 Å². The molecular weight excluding hydrogens is 252 g/mol. The lowest BCUT2D eigenvalue weighted by atomic mass is 10.1. The van der Waals surface area contributed by atoms with Crippen molar-refractivity contribution in [2.24, 2.45) is 5.73 Å². The Hall–Kier alpha value is -1.79. The van der Waals surface area contributed by atoms with Gasteiger partial charge in [0.2, 0.25) is 5.91 Å². The van der Waals surface area contributed by atoms with Crippen molar-refractivity contribution >= 4 is 29.0 Å². The molecule has 6 heteroatoms. The summed E-state index contributed by atoms with van der Waals surface area (Å²) in [5, 5.41) is 11.4. The van der Waals surface area contributed by atoms with Crippen LogP contribution in [0, 0.1) is 0 Å². The van der Waals surface area contributed by atoms with Crippen LogP contribution in [0.3, 0.4) is 0 Å². The number of carbonyl (C=O) groups excluding carboxylic acids is 1. The van der Waals surface area contributed by atoms with Gasteiger partial charge in [-0.2, -0.15) is 0 Å². The highest BCUT2D eigenvalue weighted by atomic mass is 32.1. The standard InChI is InChI=1S/C12H14N2O3S/c1-7(13)11(15)14-9(12(16)17)10(18)8-5-3-2-4-6-8/h2-7,9H,13H2,1H3,(H,14,15)(H,16,17)/t7-,9?/m0/s1. The molecule has 0 aliphatic heterocycles. The summed E-state index contributed by atoms with van der Waals surface area (Å²) in [5.41, 5.74) is 5.96. The first-order valence-electron chi connectivity index (χ1n) is 5.31. The highest BCUT2D eigenvalue weighted by molar-refractivity contribution is 7.81. The molecule has 0 aliphatic rings. The average molecular weight is 266 g/mol. The van der Waals surface area contributed by atoms with Crippen molar-refractivity contribution in [3.8, 4) is 0 Å². The van der Waals surface area contributed by atoms with Gasteiger partial charge in [-0.05, 0) is 12.5 Å². The summed E-state index contributed by atoms with van der Waals surface area (Å²) in [6.45, 7) is 1.47. The summed E-state index contributed by atoms with van der Waals surface area (Å²) in [5.74, 6) is -1.77. The zero-order valence-electron chi connectivity index (χ0n) is 9.79. The molecule has 1 rings (SSSR count). The topological polar surface area (TPSA) is 92.4 Å². The third-order valence-electron chi connectivity index (χ3n) is 2.27. The smallest absolute Gasteiger partial charge is 0.331 e. The Labute approximate surface area is 110 Å². The van der Waals surface area contributed by atoms with E-state index < -0.39 is 24.0 Å². The van der Waals surface area contributed by atoms with Crippen molar-refractivity contribution in [2.75, 3.05) is 0 Å². The molecular formula is C12H14N2O3S. The van der Waals surface area contributed by atoms with Crippen LogP contribution in [-0.2, 0) is 9.59 Å². The first-order valence-corrected chi connectivity index (χ1v) is 5.72. The van der Waals surface area contributed by atoms with Crippen molar-refractivity contribution in [3.05, 3.63) is 35.9 Å². The number of hydrogen-bond donors (Lipinski definition) is 3. The van der Waals surface area contributed by atoms with Crippen LogP contribution >= 0.6 is 12.2 Å². The number of amides is 1. The van der Waals surface area contributed by atoms with E-state index >= 15 is 0 Å². The zero-order valence-corrected chi connectivity index (χ0v) is 10.6. The van der Waals surface area contributed by atoms with Gasteiger partial charge in [0.25, 0.3) is 0 Å². The normalized spacial score (nSPS) is 13.4. The van der Waals surface area contributed by atoms with Crippen molar-refractivity contribution < 1.29 is 14.7 Å². The number of benzene rings is 1. The molecule has 1 unspecified atom stereocenters. The second-order valence-corrected chi connectivity index (χ2v) is 4.24. The fourth-order valence-electron chi connectivity index (χ4n) is 1.28. The van der Waals surface area contributed by atoms with Crippen molar-refractivity contribution in [2.45, 2.75) is 19.0 Å². The van der Waals surface area contributed by atoms with Crippen LogP contribution in [0.1, 0.15) is 12.5 Å². The highest BCUT2D eigenvalue weighted by Gasteiger charge is 2.26. The SMILES string of the molecule is C[C@H](N)C(=O)NC(C(=O)O)C(=S)c1ccccc1. The number of nitrogens with two attached hydrogens (primary N) is 1. The molecule has 0 saturated carbocycles. The Bertz CT molecular complexity index is 460. The van der Waals surface area contributed by atoms with Gasteiger partial charge in [-0.1, -0.05) is 42.5 Å². The summed E-state index contributed by atoms with van der Waals surface area (Å²) in [6.07, 6.45) is 0. The van der Waals surface area contributed by atoms with Gasteiger partial charge in [-0.15, -0.1) is 0 Å². The Morgan fingerprint density at radius 2 is 1.89 bits per heavy atom. The quantitative estimate of drug-likeness (QED) is 0.527. The zero-order chi connectivity index (χ0) is 13.7. The van der Waals surface area contributed by atoms with Crippen LogP contribution < -0.4 is 11.1 Å². The molecule has 2 atom stereocenters. The summed E-state index contributed by atoms with van der Waals surface area (Å²) >= 11 is 5.09. The molecule has 0 fully saturated rings. The number of hydrogen-bond acceptors (Lipinski definition) is 4. The van der Waals surface area contributed by atoms with E-state index in [0.29, 0.717) is 5.56 Å². The largest absolute Gasteiger partial charge is 0.479 e. The molecule has 4 N–H and O–H groups in total. The minimum atomic E-state index is -1.25. The maximum atomic E-state index is 11.4. The lowest BCUT2D eigenvalue weighted by Crippen LogP contribution is -2.50. The van der Waals surface area contributed by atoms with Gasteiger partial charge in [0, 0.05) is 0 Å². The molecule has 0 aromatic heterocycles. The van der Waals surface area contributed by atoms with E-state index in [4.69, 9.17) is 23.1 Å². The van der Waals surface area contributed by atoms with E-state index in [2.05, 4.69) is 5.32 Å². The number of rotatable bonds is 5. The Morgan fingerprint density at radius 1 is 1.33 bits per heavy atom. The molecule has 96 valence electrons. The predicted molar refractivity (Wildman–Crippen MR) is 71.4 cm³/mol. The molecule has 0 radical (unpaired) electrons. The lowest BCUT2D eigenvalue weighted by molar-refractivity contribution is -0.139. The molecule has 0 saturated heterocycles. The van der Waals surface area contributed by atoms with E-state index in [-0.39, 0.29) is 4.86 Å². The number of carbonyl (C=O) groups is 2. The minimum absolute atomic E-state index is 0.150. The molecule has 1 aromatic carbocycles. The maximum Gasteiger partial charge on any atom is 0.331 e. The molecule has 5 nitrogen and oxygen atoms in total. The minimum Gasteiger partial charge on any atom is -0.479 e. The van der Waals surface area contributed by atoms with Gasteiger partial charge in [-0.3, -0.25) is 4.79 Å². The molecule has 1 amide bonds. The average Bonchev–Trinajstić information content (AvgIpc) is 2.35. The molecule has 0 aliphatic carbocycles. The van der Waals surface area contributed by atoms with Gasteiger partial charge < -0.3 is 16.2 Å². The number of aliphatic carboxylic acids is 1. The van der Waals surface area contributed by atoms with Crippen molar-refractivity contribution in [1.82, 2.24) is 5.32 Å². The Balaban J connectivity index is 2.90. The summed E-state index contributed by atoms with van der Waals surface area (Å²) in [6, 6.07) is 6.63. The molecule has 18 heavy (non-hydrogen) atoms. The lowest BCUT2D eigenvalue weighted by Gasteiger charge is -2.17. The fraction of sp³-hybridized carbons (Fsp3) is 0.250. The van der Waals surface area contributed by atoms with Gasteiger partial charge in [0.15, 0.2) is 6.04 Å². The Morgan fingerprint density at radius 3 is 2.33 bits per heavy atom. The molecule has 0 bridgehead atoms. The van der Waals surface area contributed by atoms with Crippen LogP contribution in [0.5, 0.6) is 0 Å². The second kappa shape index (κ2) is 6.23. The first-order chi connectivity index (χ1) is 8.43. The third-order valence-corrected chi connectivity index (χ3v) is 2.74. The van der Waals surface area contributed by atoms with E-state index in [0.717, 1.165) is 0 Å². The summed E-state index contributed by atoms with van der Waals surface area (Å²) in [4.78, 5) is 22.7. The van der Waals surface area contributed by atoms with E-state index in [1.807, 2.05) is 0 Å². The number of nitrogens with one attached hydrogen (secondary N) is 1. The van der Waals surface area contributed by atoms with Crippen LogP contribution in [0.4, 0.5) is 0 Å². The first kappa shape index (κ1) is 14.3. The third kappa shape index (κ3) is 3.61. The fourth-order valence-corrected chi connectivity index (χ4v) is 1.58. The highest BCUT2D eigenvalue weighted by Crippen LogP contribution is 2.06. The van der Waals surface area contributed by atoms with E-state index in [9.17, 15) is 9.59 Å². The van der Waals surface area contributed by atoms with Gasteiger partial charge in [0.05, 0.1) is 10.9 Å². The van der Waals surface area contributed by atoms with Gasteiger partial charge in [-0.25, -0.2) is 4.79 Å². The van der Waals surface area contributed by atoms with Crippen molar-refractivity contribution in [3.63, 3.8) is 0 Å². The van der Waals surface area contributed by atoms with Gasteiger partial charge >= 0.3 is 5.97 Å². The van der Waals surface area contributed by atoms with Crippen LogP contribution in [0.15, 0.2) is 30.3 Å². The molecule has 0 heterocycles. The second-order valence-electron chi connectivity index (χ2n) is 3.80. The van der Waals surface area contributed by atoms with E-state index in [1.165, 1.54) is 6.92 Å². The van der Waals surface area contributed by atoms with Gasteiger partial charge in [0.1, 0.15) is 0 Å². The molecule has 0 spiro atoms. The molecule has 1 aromatic rings. The predicted octanol–water partition coefficient (Wildman–Crippen LogP) is 0.321. The number of thiocarbonyl (C=S) groups is 1. The summed E-state index contributed by atoms with van der Waals surface area (Å²) in [7, 11) is 0. The van der Waals surface area contributed by atoms with Crippen LogP contribution in [-0.4, -0.2) is 33.9 Å².